The molecule has 2 aromatic rings. The van der Waals surface area contributed by atoms with Crippen molar-refractivity contribution < 1.29 is 4.74 Å². The third-order valence-electron chi connectivity index (χ3n) is 1.93. The third-order valence-corrected chi connectivity index (χ3v) is 1.93. The Labute approximate surface area is 74.5 Å². The first-order chi connectivity index (χ1) is 6.35. The lowest BCUT2D eigenvalue weighted by atomic mass is 10.2. The average Bonchev–Trinajstić information content (AvgIpc) is 2.59. The van der Waals surface area contributed by atoms with Crippen molar-refractivity contribution in [2.75, 3.05) is 7.11 Å². The van der Waals surface area contributed by atoms with Crippen molar-refractivity contribution >= 4 is 16.7 Å². The fraction of sp³-hybridized carbons (Fsp3) is 0.111. The van der Waals surface area contributed by atoms with Crippen LogP contribution in [0.3, 0.4) is 0 Å². The Hall–Kier alpha value is -1.84. The first kappa shape index (κ1) is 7.79. The zero-order chi connectivity index (χ0) is 9.26. The molecule has 0 spiro atoms. The lowest BCUT2D eigenvalue weighted by Gasteiger charge is -1.98. The molecule has 1 heterocycles. The highest BCUT2D eigenvalue weighted by molar-refractivity contribution is 5.88. The van der Waals surface area contributed by atoms with Crippen molar-refractivity contribution in [3.8, 4) is 5.75 Å². The van der Waals surface area contributed by atoms with Gasteiger partial charge in [-0.2, -0.15) is 0 Å². The Morgan fingerprint density at radius 3 is 3.00 bits per heavy atom. The van der Waals surface area contributed by atoms with Gasteiger partial charge in [-0.15, -0.1) is 4.91 Å². The van der Waals surface area contributed by atoms with E-state index in [1.165, 1.54) is 0 Å². The number of benzene rings is 1. The summed E-state index contributed by atoms with van der Waals surface area (Å²) in [6.45, 7) is 0. The molecular formula is C9H8N2O2. The number of nitrogens with zero attached hydrogens (tertiary/aromatic N) is 1. The number of hydrogen-bond donors (Lipinski definition) is 1. The molecule has 0 saturated carbocycles. The molecule has 4 nitrogen and oxygen atoms in total. The molecule has 0 amide bonds. The summed E-state index contributed by atoms with van der Waals surface area (Å²) < 4.78 is 5.12. The third kappa shape index (κ3) is 1.16. The van der Waals surface area contributed by atoms with E-state index >= 15 is 0 Å². The van der Waals surface area contributed by atoms with Gasteiger partial charge in [0, 0.05) is 5.39 Å². The molecular weight excluding hydrogens is 168 g/mol. The molecule has 0 saturated heterocycles. The van der Waals surface area contributed by atoms with Gasteiger partial charge in [0.15, 0.2) is 5.82 Å². The van der Waals surface area contributed by atoms with Crippen molar-refractivity contribution in [1.29, 1.82) is 0 Å². The molecule has 66 valence electrons. The molecule has 0 aliphatic heterocycles. The minimum absolute atomic E-state index is 0.319. The summed E-state index contributed by atoms with van der Waals surface area (Å²) in [4.78, 5) is 13.1. The van der Waals surface area contributed by atoms with Crippen LogP contribution in [0.2, 0.25) is 0 Å². The van der Waals surface area contributed by atoms with Crippen molar-refractivity contribution in [3.05, 3.63) is 29.2 Å². The summed E-state index contributed by atoms with van der Waals surface area (Å²) in [6, 6.07) is 7.23. The van der Waals surface area contributed by atoms with Crippen molar-refractivity contribution in [2.45, 2.75) is 0 Å². The number of aromatic nitrogens is 1. The van der Waals surface area contributed by atoms with E-state index < -0.39 is 0 Å². The number of rotatable bonds is 2. The first-order valence-corrected chi connectivity index (χ1v) is 3.84. The van der Waals surface area contributed by atoms with E-state index in [1.807, 2.05) is 18.2 Å². The van der Waals surface area contributed by atoms with E-state index in [0.29, 0.717) is 5.82 Å². The second-order valence-electron chi connectivity index (χ2n) is 2.67. The van der Waals surface area contributed by atoms with E-state index in [9.17, 15) is 4.91 Å². The molecule has 0 aliphatic rings. The summed E-state index contributed by atoms with van der Waals surface area (Å²) in [7, 11) is 1.59. The van der Waals surface area contributed by atoms with Crippen LogP contribution in [0, 0.1) is 4.91 Å². The van der Waals surface area contributed by atoms with E-state index in [-0.39, 0.29) is 0 Å². The molecule has 13 heavy (non-hydrogen) atoms. The fourth-order valence-corrected chi connectivity index (χ4v) is 1.34. The van der Waals surface area contributed by atoms with Crippen LogP contribution in [0.25, 0.3) is 10.9 Å². The average molecular weight is 176 g/mol. The summed E-state index contributed by atoms with van der Waals surface area (Å²) in [5, 5.41) is 3.70. The SMILES string of the molecule is COc1cccc2[nH]c(N=O)cc12. The number of fused-ring (bicyclic) bond motifs is 1. The minimum atomic E-state index is 0.319. The molecule has 0 atom stereocenters. The maximum absolute atomic E-state index is 10.3. The molecule has 4 heteroatoms. The first-order valence-electron chi connectivity index (χ1n) is 3.84. The highest BCUT2D eigenvalue weighted by Crippen LogP contribution is 2.28. The quantitative estimate of drug-likeness (QED) is 0.715. The fourth-order valence-electron chi connectivity index (χ4n) is 1.34. The van der Waals surface area contributed by atoms with Gasteiger partial charge in [-0.3, -0.25) is 0 Å². The molecule has 1 aromatic heterocycles. The van der Waals surface area contributed by atoms with Crippen molar-refractivity contribution in [1.82, 2.24) is 4.98 Å². The molecule has 0 bridgehead atoms. The zero-order valence-electron chi connectivity index (χ0n) is 7.07. The number of hydrogen-bond acceptors (Lipinski definition) is 3. The predicted molar refractivity (Wildman–Crippen MR) is 50.3 cm³/mol. The molecule has 2 rings (SSSR count). The minimum Gasteiger partial charge on any atom is -0.496 e. The van der Waals surface area contributed by atoms with E-state index in [4.69, 9.17) is 4.74 Å². The smallest absolute Gasteiger partial charge is 0.175 e. The number of nitrogens with one attached hydrogen (secondary N) is 1. The summed E-state index contributed by atoms with van der Waals surface area (Å²) in [5.74, 6) is 1.06. The van der Waals surface area contributed by atoms with Gasteiger partial charge in [0.2, 0.25) is 0 Å². The van der Waals surface area contributed by atoms with Crippen LogP contribution in [0.15, 0.2) is 29.4 Å². The second-order valence-corrected chi connectivity index (χ2v) is 2.67. The molecule has 1 N–H and O–H groups in total. The van der Waals surface area contributed by atoms with Crippen LogP contribution in [0.5, 0.6) is 5.75 Å². The lowest BCUT2D eigenvalue weighted by molar-refractivity contribution is 0.420. The number of methoxy groups -OCH3 is 1. The van der Waals surface area contributed by atoms with Crippen LogP contribution in [-0.2, 0) is 0 Å². The molecule has 1 aromatic carbocycles. The zero-order valence-corrected chi connectivity index (χ0v) is 7.07. The van der Waals surface area contributed by atoms with Crippen LogP contribution in [0.4, 0.5) is 5.82 Å². The van der Waals surface area contributed by atoms with Gasteiger partial charge in [0.05, 0.1) is 12.6 Å². The Kier molecular flexibility index (Phi) is 1.73. The number of H-pyrrole nitrogens is 1. The maximum atomic E-state index is 10.3. The van der Waals surface area contributed by atoms with Crippen LogP contribution in [-0.4, -0.2) is 12.1 Å². The predicted octanol–water partition coefficient (Wildman–Crippen LogP) is 2.57. The van der Waals surface area contributed by atoms with Crippen molar-refractivity contribution in [2.24, 2.45) is 5.18 Å². The van der Waals surface area contributed by atoms with Gasteiger partial charge >= 0.3 is 0 Å². The maximum Gasteiger partial charge on any atom is 0.175 e. The Bertz CT molecular complexity index is 448. The number of nitroso groups, excluding NO2 is 1. The second kappa shape index (κ2) is 2.90. The van der Waals surface area contributed by atoms with Crippen LogP contribution < -0.4 is 4.74 Å². The summed E-state index contributed by atoms with van der Waals surface area (Å²) in [5.41, 5.74) is 0.856. The van der Waals surface area contributed by atoms with Gasteiger partial charge in [-0.25, -0.2) is 0 Å². The molecule has 0 aliphatic carbocycles. The van der Waals surface area contributed by atoms with Gasteiger partial charge in [0.1, 0.15) is 5.75 Å². The van der Waals surface area contributed by atoms with Gasteiger partial charge < -0.3 is 9.72 Å². The topological polar surface area (TPSA) is 54.4 Å². The monoisotopic (exact) mass is 176 g/mol. The number of aromatic amines is 1. The van der Waals surface area contributed by atoms with Gasteiger partial charge in [0.25, 0.3) is 0 Å². The van der Waals surface area contributed by atoms with Crippen LogP contribution >= 0.6 is 0 Å². The summed E-state index contributed by atoms with van der Waals surface area (Å²) >= 11 is 0. The Balaban J connectivity index is 2.74. The van der Waals surface area contributed by atoms with Gasteiger partial charge in [-0.05, 0) is 23.4 Å². The highest BCUT2D eigenvalue weighted by Gasteiger charge is 2.04. The standard InChI is InChI=1S/C9H8N2O2/c1-13-8-4-2-3-7-6(8)5-9(10-7)11-12/h2-5,10H,1H3. The highest BCUT2D eigenvalue weighted by atomic mass is 16.5. The Morgan fingerprint density at radius 1 is 1.46 bits per heavy atom. The largest absolute Gasteiger partial charge is 0.496 e. The molecule has 0 radical (unpaired) electrons. The summed E-state index contributed by atoms with van der Waals surface area (Å²) in [6.07, 6.45) is 0. The Morgan fingerprint density at radius 2 is 2.31 bits per heavy atom. The lowest BCUT2D eigenvalue weighted by Crippen LogP contribution is -1.81. The normalized spacial score (nSPS) is 10.2. The van der Waals surface area contributed by atoms with Crippen LogP contribution in [0.1, 0.15) is 0 Å². The van der Waals surface area contributed by atoms with Gasteiger partial charge in [-0.1, -0.05) is 6.07 Å². The molecule has 0 fully saturated rings. The molecule has 0 unspecified atom stereocenters. The number of ether oxygens (including phenoxy) is 1. The van der Waals surface area contributed by atoms with E-state index in [1.54, 1.807) is 13.2 Å². The van der Waals surface area contributed by atoms with E-state index in [2.05, 4.69) is 10.2 Å². The van der Waals surface area contributed by atoms with E-state index in [0.717, 1.165) is 16.7 Å². The van der Waals surface area contributed by atoms with Crippen molar-refractivity contribution in [3.63, 3.8) is 0 Å².